The van der Waals surface area contributed by atoms with Gasteiger partial charge in [0.15, 0.2) is 0 Å². The highest BCUT2D eigenvalue weighted by molar-refractivity contribution is 5.34. The third kappa shape index (κ3) is 3.66. The van der Waals surface area contributed by atoms with Crippen LogP contribution in [0.1, 0.15) is 45.1 Å². The highest BCUT2D eigenvalue weighted by Gasteiger charge is 2.35. The number of rotatable bonds is 7. The van der Waals surface area contributed by atoms with Crippen molar-refractivity contribution in [1.29, 1.82) is 0 Å². The quantitative estimate of drug-likeness (QED) is 0.817. The van der Waals surface area contributed by atoms with Crippen LogP contribution in [-0.4, -0.2) is 28.6 Å². The molecule has 4 nitrogen and oxygen atoms in total. The second-order valence-corrected chi connectivity index (χ2v) is 6.25. The van der Waals surface area contributed by atoms with Crippen LogP contribution in [0.3, 0.4) is 0 Å². The van der Waals surface area contributed by atoms with Crippen molar-refractivity contribution in [3.63, 3.8) is 0 Å². The lowest BCUT2D eigenvalue weighted by Gasteiger charge is -2.22. The molecule has 1 aromatic rings. The fourth-order valence-electron chi connectivity index (χ4n) is 2.27. The first-order valence-corrected chi connectivity index (χ1v) is 7.53. The largest absolute Gasteiger partial charge is 0.338 e. The molecule has 0 amide bonds. The Morgan fingerprint density at radius 2 is 1.89 bits per heavy atom. The van der Waals surface area contributed by atoms with Gasteiger partial charge in [-0.25, -0.2) is 9.97 Å². The average molecular weight is 260 g/mol. The predicted octanol–water partition coefficient (Wildman–Crippen LogP) is 2.35. The monoisotopic (exact) mass is 260 g/mol. The molecule has 2 fully saturated rings. The second kappa shape index (κ2) is 5.45. The number of hydrogen-bond acceptors (Lipinski definition) is 4. The van der Waals surface area contributed by atoms with Crippen LogP contribution in [0.15, 0.2) is 12.4 Å². The van der Waals surface area contributed by atoms with Gasteiger partial charge in [0.1, 0.15) is 0 Å². The van der Waals surface area contributed by atoms with E-state index in [1.165, 1.54) is 31.2 Å². The molecule has 0 bridgehead atoms. The molecular weight excluding hydrogens is 236 g/mol. The summed E-state index contributed by atoms with van der Waals surface area (Å²) in [6.45, 7) is 6.32. The summed E-state index contributed by atoms with van der Waals surface area (Å²) in [7, 11) is 0. The third-order valence-corrected chi connectivity index (χ3v) is 3.80. The second-order valence-electron chi connectivity index (χ2n) is 6.25. The standard InChI is InChI=1S/C15H24N4/c1-11(2)16-7-13-8-17-15(18-9-13)19(14-5-6-14)10-12-3-4-12/h8-9,11-12,14,16H,3-7,10H2,1-2H3. The van der Waals surface area contributed by atoms with Crippen LogP contribution < -0.4 is 10.2 Å². The minimum Gasteiger partial charge on any atom is -0.338 e. The molecule has 19 heavy (non-hydrogen) atoms. The van der Waals surface area contributed by atoms with Crippen LogP contribution in [0.4, 0.5) is 5.95 Å². The fraction of sp³-hybridized carbons (Fsp3) is 0.733. The molecule has 2 saturated carbocycles. The first kappa shape index (κ1) is 12.9. The van der Waals surface area contributed by atoms with Gasteiger partial charge in [0, 0.05) is 43.1 Å². The van der Waals surface area contributed by atoms with Gasteiger partial charge in [0.25, 0.3) is 0 Å². The molecule has 0 saturated heterocycles. The fourth-order valence-corrected chi connectivity index (χ4v) is 2.27. The summed E-state index contributed by atoms with van der Waals surface area (Å²) in [6, 6.07) is 1.21. The minimum atomic E-state index is 0.498. The van der Waals surface area contributed by atoms with E-state index in [1.54, 1.807) is 0 Å². The Bertz CT molecular complexity index is 407. The van der Waals surface area contributed by atoms with Crippen LogP contribution >= 0.6 is 0 Å². The molecule has 0 spiro atoms. The van der Waals surface area contributed by atoms with Gasteiger partial charge in [-0.15, -0.1) is 0 Å². The Kier molecular flexibility index (Phi) is 3.69. The topological polar surface area (TPSA) is 41.1 Å². The molecule has 0 aromatic carbocycles. The Hall–Kier alpha value is -1.16. The van der Waals surface area contributed by atoms with Crippen molar-refractivity contribution in [3.8, 4) is 0 Å². The van der Waals surface area contributed by atoms with E-state index in [0.29, 0.717) is 12.1 Å². The SMILES string of the molecule is CC(C)NCc1cnc(N(CC2CC2)C2CC2)nc1. The van der Waals surface area contributed by atoms with Crippen molar-refractivity contribution in [2.24, 2.45) is 5.92 Å². The van der Waals surface area contributed by atoms with Crippen molar-refractivity contribution in [3.05, 3.63) is 18.0 Å². The molecule has 104 valence electrons. The lowest BCUT2D eigenvalue weighted by atomic mass is 10.3. The molecule has 1 aromatic heterocycles. The Labute approximate surface area is 115 Å². The Morgan fingerprint density at radius 3 is 2.42 bits per heavy atom. The van der Waals surface area contributed by atoms with E-state index < -0.39 is 0 Å². The highest BCUT2D eigenvalue weighted by atomic mass is 15.3. The van der Waals surface area contributed by atoms with Crippen molar-refractivity contribution in [1.82, 2.24) is 15.3 Å². The molecule has 4 heteroatoms. The molecule has 0 unspecified atom stereocenters. The zero-order valence-corrected chi connectivity index (χ0v) is 12.0. The normalized spacial score (nSPS) is 18.9. The molecule has 1 heterocycles. The van der Waals surface area contributed by atoms with Gasteiger partial charge in [-0.3, -0.25) is 0 Å². The van der Waals surface area contributed by atoms with Crippen LogP contribution in [-0.2, 0) is 6.54 Å². The molecular formula is C15H24N4. The summed E-state index contributed by atoms with van der Waals surface area (Å²) >= 11 is 0. The third-order valence-electron chi connectivity index (χ3n) is 3.80. The van der Waals surface area contributed by atoms with E-state index in [4.69, 9.17) is 0 Å². The van der Waals surface area contributed by atoms with Gasteiger partial charge in [0.2, 0.25) is 5.95 Å². The summed E-state index contributed by atoms with van der Waals surface area (Å²) in [6.07, 6.45) is 9.35. The van der Waals surface area contributed by atoms with Gasteiger partial charge in [0.05, 0.1) is 0 Å². The predicted molar refractivity (Wildman–Crippen MR) is 77.1 cm³/mol. The van der Waals surface area contributed by atoms with Crippen LogP contribution in [0.5, 0.6) is 0 Å². The van der Waals surface area contributed by atoms with E-state index >= 15 is 0 Å². The van der Waals surface area contributed by atoms with Crippen LogP contribution in [0.25, 0.3) is 0 Å². The number of nitrogens with one attached hydrogen (secondary N) is 1. The van der Waals surface area contributed by atoms with Crippen LogP contribution in [0.2, 0.25) is 0 Å². The van der Waals surface area contributed by atoms with Crippen molar-refractivity contribution >= 4 is 5.95 Å². The number of nitrogens with zero attached hydrogens (tertiary/aromatic N) is 3. The van der Waals surface area contributed by atoms with Crippen LogP contribution in [0, 0.1) is 5.92 Å². The molecule has 2 aliphatic carbocycles. The summed E-state index contributed by atoms with van der Waals surface area (Å²) in [5.41, 5.74) is 1.17. The first-order chi connectivity index (χ1) is 9.22. The van der Waals surface area contributed by atoms with Gasteiger partial charge < -0.3 is 10.2 Å². The maximum absolute atomic E-state index is 4.57. The zero-order chi connectivity index (χ0) is 13.2. The molecule has 2 aliphatic rings. The smallest absolute Gasteiger partial charge is 0.225 e. The average Bonchev–Trinajstić information content (AvgIpc) is 3.27. The molecule has 0 aliphatic heterocycles. The molecule has 1 N–H and O–H groups in total. The van der Waals surface area contributed by atoms with E-state index in [9.17, 15) is 0 Å². The Balaban J connectivity index is 1.62. The van der Waals surface area contributed by atoms with Crippen molar-refractivity contribution in [2.45, 2.75) is 58.2 Å². The van der Waals surface area contributed by atoms with Gasteiger partial charge in [-0.05, 0) is 31.6 Å². The first-order valence-electron chi connectivity index (χ1n) is 7.53. The number of hydrogen-bond donors (Lipinski definition) is 1. The zero-order valence-electron chi connectivity index (χ0n) is 12.0. The van der Waals surface area contributed by atoms with Crippen molar-refractivity contribution < 1.29 is 0 Å². The Morgan fingerprint density at radius 1 is 1.21 bits per heavy atom. The molecule has 0 radical (unpaired) electrons. The van der Waals surface area contributed by atoms with Gasteiger partial charge in [-0.1, -0.05) is 13.8 Å². The number of anilines is 1. The van der Waals surface area contributed by atoms with Crippen molar-refractivity contribution in [2.75, 3.05) is 11.4 Å². The summed E-state index contributed by atoms with van der Waals surface area (Å²) in [5.74, 6) is 1.83. The number of aromatic nitrogens is 2. The summed E-state index contributed by atoms with van der Waals surface area (Å²) in [5, 5.41) is 3.39. The van der Waals surface area contributed by atoms with E-state index in [1.807, 2.05) is 12.4 Å². The van der Waals surface area contributed by atoms with E-state index in [-0.39, 0.29) is 0 Å². The van der Waals surface area contributed by atoms with Gasteiger partial charge in [-0.2, -0.15) is 0 Å². The summed E-state index contributed by atoms with van der Waals surface area (Å²) in [4.78, 5) is 11.6. The lowest BCUT2D eigenvalue weighted by Crippen LogP contribution is -2.30. The maximum Gasteiger partial charge on any atom is 0.225 e. The highest BCUT2D eigenvalue weighted by Crippen LogP contribution is 2.36. The lowest BCUT2D eigenvalue weighted by molar-refractivity contribution is 0.586. The molecule has 0 atom stereocenters. The van der Waals surface area contributed by atoms with E-state index in [0.717, 1.165) is 25.0 Å². The van der Waals surface area contributed by atoms with Gasteiger partial charge >= 0.3 is 0 Å². The minimum absolute atomic E-state index is 0.498. The maximum atomic E-state index is 4.57. The molecule has 3 rings (SSSR count). The van der Waals surface area contributed by atoms with E-state index in [2.05, 4.69) is 34.0 Å². The summed E-state index contributed by atoms with van der Waals surface area (Å²) < 4.78 is 0.